The van der Waals surface area contributed by atoms with E-state index in [2.05, 4.69) is 0 Å². The summed E-state index contributed by atoms with van der Waals surface area (Å²) >= 11 is 0. The highest BCUT2D eigenvalue weighted by Crippen LogP contribution is 2.10. The first-order valence-corrected chi connectivity index (χ1v) is 7.88. The minimum atomic E-state index is -0.479. The lowest BCUT2D eigenvalue weighted by atomic mass is 10.2. The molecule has 1 aromatic carbocycles. The fourth-order valence-electron chi connectivity index (χ4n) is 2.04. The van der Waals surface area contributed by atoms with Crippen LogP contribution in [0.3, 0.4) is 0 Å². The standard InChI is InChI=1S/C18H28NO4/c1-14(2)18(21)23-16(12-19(3,4)5)11-17(20)22-13-15-9-7-6-8-10-15/h6-10,14,16H,11-13H2,1-5H3/q+1/t16-/m1/s1. The van der Waals surface area contributed by atoms with Crippen molar-refractivity contribution < 1.29 is 23.5 Å². The molecule has 1 rings (SSSR count). The largest absolute Gasteiger partial charge is 0.461 e. The Morgan fingerprint density at radius 2 is 1.70 bits per heavy atom. The molecule has 0 heterocycles. The number of hydrogen-bond acceptors (Lipinski definition) is 4. The molecule has 0 bridgehead atoms. The predicted octanol–water partition coefficient (Wildman–Crippen LogP) is 2.39. The van der Waals surface area contributed by atoms with Gasteiger partial charge in [0.1, 0.15) is 13.2 Å². The van der Waals surface area contributed by atoms with E-state index in [-0.39, 0.29) is 30.9 Å². The highest BCUT2D eigenvalue weighted by atomic mass is 16.6. The molecule has 0 unspecified atom stereocenters. The Bertz CT molecular complexity index is 506. The number of carbonyl (C=O) groups excluding carboxylic acids is 2. The van der Waals surface area contributed by atoms with Crippen molar-refractivity contribution in [3.63, 3.8) is 0 Å². The molecule has 128 valence electrons. The normalized spacial score (nSPS) is 12.8. The number of likely N-dealkylation sites (N-methyl/N-ethyl adjacent to an activating group) is 1. The van der Waals surface area contributed by atoms with E-state index in [9.17, 15) is 9.59 Å². The third-order valence-corrected chi connectivity index (χ3v) is 3.14. The first-order chi connectivity index (χ1) is 10.7. The summed E-state index contributed by atoms with van der Waals surface area (Å²) < 4.78 is 11.3. The fraction of sp³-hybridized carbons (Fsp3) is 0.556. The predicted molar refractivity (Wildman–Crippen MR) is 88.5 cm³/mol. The molecule has 0 fully saturated rings. The molecule has 0 saturated carbocycles. The average Bonchev–Trinajstić information content (AvgIpc) is 2.44. The van der Waals surface area contributed by atoms with E-state index in [1.165, 1.54) is 0 Å². The molecule has 5 nitrogen and oxygen atoms in total. The number of ether oxygens (including phenoxy) is 2. The van der Waals surface area contributed by atoms with Gasteiger partial charge in [-0.15, -0.1) is 0 Å². The zero-order valence-corrected chi connectivity index (χ0v) is 14.7. The highest BCUT2D eigenvalue weighted by molar-refractivity contribution is 5.73. The summed E-state index contributed by atoms with van der Waals surface area (Å²) in [6.07, 6.45) is -0.408. The molecule has 0 aliphatic carbocycles. The van der Waals surface area contributed by atoms with Crippen molar-refractivity contribution in [2.24, 2.45) is 5.92 Å². The van der Waals surface area contributed by atoms with Crippen LogP contribution in [0.15, 0.2) is 30.3 Å². The molecular formula is C18H28NO4+. The lowest BCUT2D eigenvalue weighted by Gasteiger charge is -2.29. The van der Waals surface area contributed by atoms with Gasteiger partial charge in [0.05, 0.1) is 33.5 Å². The van der Waals surface area contributed by atoms with Gasteiger partial charge in [0.15, 0.2) is 6.10 Å². The second-order valence-corrected chi connectivity index (χ2v) is 7.04. The molecule has 0 saturated heterocycles. The lowest BCUT2D eigenvalue weighted by Crippen LogP contribution is -2.44. The summed E-state index contributed by atoms with van der Waals surface area (Å²) in [5.41, 5.74) is 0.933. The van der Waals surface area contributed by atoms with Gasteiger partial charge in [0.2, 0.25) is 0 Å². The van der Waals surface area contributed by atoms with Crippen LogP contribution in [0.4, 0.5) is 0 Å². The zero-order chi connectivity index (χ0) is 17.5. The number of quaternary nitrogens is 1. The number of hydrogen-bond donors (Lipinski definition) is 0. The third kappa shape index (κ3) is 8.35. The van der Waals surface area contributed by atoms with E-state index in [1.807, 2.05) is 51.5 Å². The number of nitrogens with zero attached hydrogens (tertiary/aromatic N) is 1. The van der Waals surface area contributed by atoms with Gasteiger partial charge < -0.3 is 14.0 Å². The van der Waals surface area contributed by atoms with Crippen molar-refractivity contribution in [1.82, 2.24) is 0 Å². The van der Waals surface area contributed by atoms with Crippen LogP contribution in [0.25, 0.3) is 0 Å². The van der Waals surface area contributed by atoms with Crippen molar-refractivity contribution in [3.8, 4) is 0 Å². The first kappa shape index (κ1) is 19.2. The zero-order valence-electron chi connectivity index (χ0n) is 14.7. The number of rotatable bonds is 8. The number of carbonyl (C=O) groups is 2. The summed E-state index contributed by atoms with van der Waals surface area (Å²) in [5.74, 6) is -0.867. The highest BCUT2D eigenvalue weighted by Gasteiger charge is 2.26. The number of esters is 2. The van der Waals surface area contributed by atoms with Gasteiger partial charge in [-0.3, -0.25) is 9.59 Å². The maximum absolute atomic E-state index is 12.0. The summed E-state index contributed by atoms with van der Waals surface area (Å²) in [5, 5.41) is 0. The Kier molecular flexibility index (Phi) is 7.23. The average molecular weight is 322 g/mol. The van der Waals surface area contributed by atoms with Crippen molar-refractivity contribution in [3.05, 3.63) is 35.9 Å². The quantitative estimate of drug-likeness (QED) is 0.545. The molecule has 0 N–H and O–H groups in total. The summed E-state index contributed by atoms with van der Waals surface area (Å²) in [6.45, 7) is 4.34. The van der Waals surface area contributed by atoms with Crippen molar-refractivity contribution in [1.29, 1.82) is 0 Å². The van der Waals surface area contributed by atoms with Gasteiger partial charge in [-0.1, -0.05) is 44.2 Å². The van der Waals surface area contributed by atoms with Crippen molar-refractivity contribution in [2.75, 3.05) is 27.7 Å². The molecule has 0 aliphatic rings. The Labute approximate surface area is 138 Å². The van der Waals surface area contributed by atoms with Gasteiger partial charge in [-0.2, -0.15) is 0 Å². The first-order valence-electron chi connectivity index (χ1n) is 7.88. The molecule has 0 amide bonds. The van der Waals surface area contributed by atoms with Crippen LogP contribution >= 0.6 is 0 Å². The van der Waals surface area contributed by atoms with Gasteiger partial charge in [0, 0.05) is 0 Å². The Morgan fingerprint density at radius 3 is 2.22 bits per heavy atom. The molecular weight excluding hydrogens is 294 g/mol. The third-order valence-electron chi connectivity index (χ3n) is 3.14. The summed E-state index contributed by atoms with van der Waals surface area (Å²) in [6, 6.07) is 9.50. The van der Waals surface area contributed by atoms with E-state index >= 15 is 0 Å². The van der Waals surface area contributed by atoms with Gasteiger partial charge in [-0.05, 0) is 5.56 Å². The molecule has 5 heteroatoms. The van der Waals surface area contributed by atoms with E-state index in [4.69, 9.17) is 9.47 Å². The second kappa shape index (κ2) is 8.67. The Hall–Kier alpha value is -1.88. The van der Waals surface area contributed by atoms with Crippen LogP contribution in [0.1, 0.15) is 25.8 Å². The number of benzene rings is 1. The van der Waals surface area contributed by atoms with E-state index in [1.54, 1.807) is 13.8 Å². The van der Waals surface area contributed by atoms with Crippen molar-refractivity contribution >= 4 is 11.9 Å². The summed E-state index contributed by atoms with van der Waals surface area (Å²) in [7, 11) is 5.97. The maximum Gasteiger partial charge on any atom is 0.310 e. The monoisotopic (exact) mass is 322 g/mol. The van der Waals surface area contributed by atoms with Crippen LogP contribution in [0.5, 0.6) is 0 Å². The van der Waals surface area contributed by atoms with E-state index in [0.717, 1.165) is 5.56 Å². The van der Waals surface area contributed by atoms with Gasteiger partial charge >= 0.3 is 11.9 Å². The van der Waals surface area contributed by atoms with Gasteiger partial charge in [0.25, 0.3) is 0 Å². The fourth-order valence-corrected chi connectivity index (χ4v) is 2.04. The maximum atomic E-state index is 12.0. The lowest BCUT2D eigenvalue weighted by molar-refractivity contribution is -0.873. The van der Waals surface area contributed by atoms with E-state index in [0.29, 0.717) is 11.0 Å². The van der Waals surface area contributed by atoms with Crippen molar-refractivity contribution in [2.45, 2.75) is 33.0 Å². The molecule has 0 aliphatic heterocycles. The van der Waals surface area contributed by atoms with Gasteiger partial charge in [-0.25, -0.2) is 0 Å². The minimum Gasteiger partial charge on any atom is -0.461 e. The van der Waals surface area contributed by atoms with Crippen LogP contribution in [0.2, 0.25) is 0 Å². The van der Waals surface area contributed by atoms with Crippen LogP contribution in [-0.2, 0) is 25.7 Å². The van der Waals surface area contributed by atoms with Crippen LogP contribution < -0.4 is 0 Å². The Morgan fingerprint density at radius 1 is 1.09 bits per heavy atom. The second-order valence-electron chi connectivity index (χ2n) is 7.04. The van der Waals surface area contributed by atoms with Crippen LogP contribution in [-0.4, -0.2) is 50.2 Å². The summed E-state index contributed by atoms with van der Waals surface area (Å²) in [4.78, 5) is 23.9. The molecule has 0 radical (unpaired) electrons. The molecule has 23 heavy (non-hydrogen) atoms. The minimum absolute atomic E-state index is 0.0703. The molecule has 0 aromatic heterocycles. The van der Waals surface area contributed by atoms with Crippen LogP contribution in [0, 0.1) is 5.92 Å². The SMILES string of the molecule is CC(C)C(=O)O[C@H](CC(=O)OCc1ccccc1)C[N+](C)(C)C. The van der Waals surface area contributed by atoms with E-state index < -0.39 is 6.10 Å². The Balaban J connectivity index is 2.57. The smallest absolute Gasteiger partial charge is 0.310 e. The molecule has 1 aromatic rings. The molecule has 0 spiro atoms. The molecule has 1 atom stereocenters. The topological polar surface area (TPSA) is 52.6 Å².